The van der Waals surface area contributed by atoms with Crippen molar-refractivity contribution in [3.63, 3.8) is 0 Å². The van der Waals surface area contributed by atoms with Crippen LogP contribution in [0.4, 0.5) is 0 Å². The van der Waals surface area contributed by atoms with Crippen LogP contribution in [-0.2, 0) is 14.8 Å². The maximum absolute atomic E-state index is 12.3. The summed E-state index contributed by atoms with van der Waals surface area (Å²) in [5.41, 5.74) is 1.46. The van der Waals surface area contributed by atoms with Gasteiger partial charge in [-0.3, -0.25) is 10.0 Å². The minimum absolute atomic E-state index is 0.00131. The molecule has 0 aliphatic rings. The molecule has 3 N–H and O–H groups in total. The summed E-state index contributed by atoms with van der Waals surface area (Å²) in [5.74, 6) is -0.137. The first-order valence-electron chi connectivity index (χ1n) is 7.07. The molecule has 0 saturated carbocycles. The number of benzene rings is 1. The second kappa shape index (κ2) is 9.07. The lowest BCUT2D eigenvalue weighted by Gasteiger charge is -2.20. The van der Waals surface area contributed by atoms with Crippen LogP contribution >= 0.6 is 11.6 Å². The molecule has 1 atom stereocenters. The Labute approximate surface area is 141 Å². The van der Waals surface area contributed by atoms with E-state index in [1.807, 2.05) is 0 Å². The highest BCUT2D eigenvalue weighted by Gasteiger charge is 2.28. The number of rotatable bonds is 9. The molecule has 0 fully saturated rings. The molecule has 0 bridgehead atoms. The standard InChI is InChI=1S/C14H21ClN2O5S/c1-10(2)13(14(18)16-19)17-23(20,21)12-6-4-11(5-7-12)22-9-3-8-15/h4-7,10,13,17,19H,3,8-9H2,1-2H3,(H,16,18). The summed E-state index contributed by atoms with van der Waals surface area (Å²) >= 11 is 5.55. The minimum atomic E-state index is -3.90. The molecule has 0 aliphatic heterocycles. The number of sulfonamides is 1. The lowest BCUT2D eigenvalue weighted by molar-refractivity contribution is -0.131. The third-order valence-electron chi connectivity index (χ3n) is 3.02. The van der Waals surface area contributed by atoms with E-state index in [9.17, 15) is 13.2 Å². The van der Waals surface area contributed by atoms with Gasteiger partial charge in [-0.2, -0.15) is 4.72 Å². The number of hydrogen-bond acceptors (Lipinski definition) is 5. The van der Waals surface area contributed by atoms with Crippen LogP contribution in [0.5, 0.6) is 5.75 Å². The Morgan fingerprint density at radius 1 is 1.30 bits per heavy atom. The second-order valence-electron chi connectivity index (χ2n) is 5.18. The molecule has 1 aromatic rings. The fourth-order valence-electron chi connectivity index (χ4n) is 1.76. The van der Waals surface area contributed by atoms with Crippen LogP contribution in [-0.4, -0.2) is 38.1 Å². The molecule has 0 heterocycles. The van der Waals surface area contributed by atoms with Gasteiger partial charge in [0.15, 0.2) is 0 Å². The second-order valence-corrected chi connectivity index (χ2v) is 7.27. The van der Waals surface area contributed by atoms with Crippen molar-refractivity contribution in [3.05, 3.63) is 24.3 Å². The molecule has 0 aromatic heterocycles. The SMILES string of the molecule is CC(C)C(NS(=O)(=O)c1ccc(OCCCCl)cc1)C(=O)NO. The van der Waals surface area contributed by atoms with E-state index in [1.54, 1.807) is 13.8 Å². The predicted octanol–water partition coefficient (Wildman–Crippen LogP) is 1.50. The van der Waals surface area contributed by atoms with Crippen LogP contribution < -0.4 is 14.9 Å². The molecular formula is C14H21ClN2O5S. The van der Waals surface area contributed by atoms with Gasteiger partial charge in [-0.05, 0) is 36.6 Å². The number of hydroxylamine groups is 1. The number of amides is 1. The number of carbonyl (C=O) groups is 1. The summed E-state index contributed by atoms with van der Waals surface area (Å²) < 4.78 is 32.3. The summed E-state index contributed by atoms with van der Waals surface area (Å²) in [6.07, 6.45) is 0.690. The molecule has 1 rings (SSSR count). The van der Waals surface area contributed by atoms with E-state index in [2.05, 4.69) is 4.72 Å². The molecule has 1 amide bonds. The normalized spacial score (nSPS) is 12.9. The van der Waals surface area contributed by atoms with Crippen molar-refractivity contribution < 1.29 is 23.2 Å². The van der Waals surface area contributed by atoms with Gasteiger partial charge in [-0.25, -0.2) is 13.9 Å². The highest BCUT2D eigenvalue weighted by molar-refractivity contribution is 7.89. The van der Waals surface area contributed by atoms with Crippen molar-refractivity contribution in [2.45, 2.75) is 31.2 Å². The van der Waals surface area contributed by atoms with E-state index in [4.69, 9.17) is 21.5 Å². The van der Waals surface area contributed by atoms with Gasteiger partial charge in [0.1, 0.15) is 11.8 Å². The maximum Gasteiger partial charge on any atom is 0.261 e. The number of hydrogen-bond donors (Lipinski definition) is 3. The Morgan fingerprint density at radius 3 is 2.39 bits per heavy atom. The molecule has 130 valence electrons. The lowest BCUT2D eigenvalue weighted by atomic mass is 10.1. The molecule has 23 heavy (non-hydrogen) atoms. The Hall–Kier alpha value is -1.35. The Kier molecular flexibility index (Phi) is 7.77. The summed E-state index contributed by atoms with van der Waals surface area (Å²) in [5, 5.41) is 8.70. The van der Waals surface area contributed by atoms with Crippen LogP contribution in [0.3, 0.4) is 0 Å². The Morgan fingerprint density at radius 2 is 1.91 bits per heavy atom. The minimum Gasteiger partial charge on any atom is -0.494 e. The van der Waals surface area contributed by atoms with E-state index >= 15 is 0 Å². The molecule has 0 aliphatic carbocycles. The lowest BCUT2D eigenvalue weighted by Crippen LogP contribution is -2.48. The molecule has 1 unspecified atom stereocenters. The summed E-state index contributed by atoms with van der Waals surface area (Å²) in [7, 11) is -3.90. The van der Waals surface area contributed by atoms with E-state index in [-0.39, 0.29) is 10.8 Å². The molecule has 1 aromatic carbocycles. The molecule has 0 saturated heterocycles. The predicted molar refractivity (Wildman–Crippen MR) is 86.2 cm³/mol. The van der Waals surface area contributed by atoms with Gasteiger partial charge in [-0.15, -0.1) is 11.6 Å². The fourth-order valence-corrected chi connectivity index (χ4v) is 3.21. The van der Waals surface area contributed by atoms with E-state index in [0.29, 0.717) is 24.7 Å². The molecular weight excluding hydrogens is 344 g/mol. The Balaban J connectivity index is 2.84. The quantitative estimate of drug-likeness (QED) is 0.266. The van der Waals surface area contributed by atoms with Crippen molar-refractivity contribution in [1.82, 2.24) is 10.2 Å². The highest BCUT2D eigenvalue weighted by Crippen LogP contribution is 2.17. The molecule has 0 spiro atoms. The van der Waals surface area contributed by atoms with Crippen molar-refractivity contribution in [1.29, 1.82) is 0 Å². The van der Waals surface area contributed by atoms with Crippen LogP contribution in [0.25, 0.3) is 0 Å². The summed E-state index contributed by atoms with van der Waals surface area (Å²) in [6.45, 7) is 3.77. The van der Waals surface area contributed by atoms with Crippen LogP contribution in [0.15, 0.2) is 29.2 Å². The van der Waals surface area contributed by atoms with E-state index in [1.165, 1.54) is 29.7 Å². The topological polar surface area (TPSA) is 105 Å². The number of nitrogens with one attached hydrogen (secondary N) is 2. The third kappa shape index (κ3) is 5.98. The largest absolute Gasteiger partial charge is 0.494 e. The fraction of sp³-hybridized carbons (Fsp3) is 0.500. The monoisotopic (exact) mass is 364 g/mol. The number of carbonyl (C=O) groups excluding carboxylic acids is 1. The average molecular weight is 365 g/mol. The molecule has 9 heteroatoms. The van der Waals surface area contributed by atoms with Gasteiger partial charge in [0, 0.05) is 5.88 Å². The van der Waals surface area contributed by atoms with Crippen LogP contribution in [0.2, 0.25) is 0 Å². The van der Waals surface area contributed by atoms with Gasteiger partial charge < -0.3 is 4.74 Å². The summed E-state index contributed by atoms with van der Waals surface area (Å²) in [6, 6.07) is 4.74. The van der Waals surface area contributed by atoms with E-state index in [0.717, 1.165) is 0 Å². The van der Waals surface area contributed by atoms with Crippen LogP contribution in [0.1, 0.15) is 20.3 Å². The van der Waals surface area contributed by atoms with Gasteiger partial charge >= 0.3 is 0 Å². The summed E-state index contributed by atoms with van der Waals surface area (Å²) in [4.78, 5) is 11.5. The zero-order valence-electron chi connectivity index (χ0n) is 13.0. The first kappa shape index (κ1) is 19.7. The average Bonchev–Trinajstić information content (AvgIpc) is 2.52. The molecule has 0 radical (unpaired) electrons. The number of alkyl halides is 1. The smallest absolute Gasteiger partial charge is 0.261 e. The van der Waals surface area contributed by atoms with Crippen molar-refractivity contribution in [2.75, 3.05) is 12.5 Å². The zero-order valence-corrected chi connectivity index (χ0v) is 14.5. The van der Waals surface area contributed by atoms with Crippen molar-refractivity contribution >= 4 is 27.5 Å². The Bertz CT molecular complexity index is 604. The van der Waals surface area contributed by atoms with Crippen LogP contribution in [0, 0.1) is 5.92 Å². The van der Waals surface area contributed by atoms with Crippen molar-refractivity contribution in [3.8, 4) is 5.75 Å². The maximum atomic E-state index is 12.3. The van der Waals surface area contributed by atoms with Gasteiger partial charge in [0.2, 0.25) is 10.0 Å². The van der Waals surface area contributed by atoms with Gasteiger partial charge in [-0.1, -0.05) is 13.8 Å². The van der Waals surface area contributed by atoms with Gasteiger partial charge in [0.25, 0.3) is 5.91 Å². The van der Waals surface area contributed by atoms with E-state index < -0.39 is 22.0 Å². The first-order valence-corrected chi connectivity index (χ1v) is 9.08. The highest BCUT2D eigenvalue weighted by atomic mass is 35.5. The molecule has 7 nitrogen and oxygen atoms in total. The van der Waals surface area contributed by atoms with Gasteiger partial charge in [0.05, 0.1) is 11.5 Å². The zero-order chi connectivity index (χ0) is 17.5. The third-order valence-corrected chi connectivity index (χ3v) is 4.75. The first-order chi connectivity index (χ1) is 10.8. The van der Waals surface area contributed by atoms with Crippen molar-refractivity contribution in [2.24, 2.45) is 5.92 Å². The number of ether oxygens (including phenoxy) is 1. The number of halogens is 1.